The van der Waals surface area contributed by atoms with Gasteiger partial charge in [0, 0.05) is 43.4 Å². The fourth-order valence-corrected chi connectivity index (χ4v) is 3.16. The lowest BCUT2D eigenvalue weighted by Crippen LogP contribution is -2.39. The smallest absolute Gasteiger partial charge is 0.191 e. The number of rotatable bonds is 7. The van der Waals surface area contributed by atoms with Crippen molar-refractivity contribution in [1.29, 1.82) is 0 Å². The molecule has 1 atom stereocenters. The molecule has 1 aromatic heterocycles. The van der Waals surface area contributed by atoms with Crippen molar-refractivity contribution >= 4 is 51.4 Å². The summed E-state index contributed by atoms with van der Waals surface area (Å²) in [6.07, 6.45) is 0.366. The summed E-state index contributed by atoms with van der Waals surface area (Å²) in [5.74, 6) is 0.691. The standard InChI is InChI=1S/C16H23N3O2S.HI/c1-17-16(18-8-5-9-21-2)19-11-13(20)15-10-12-6-3-4-7-14(12)22-15;/h3-4,6-7,10,13,20H,5,8-9,11H2,1-2H3,(H2,17,18,19);1H. The SMILES string of the molecule is CN=C(NCCCOC)NCC(O)c1cc2ccccc2s1.I. The second kappa shape index (κ2) is 10.8. The highest BCUT2D eigenvalue weighted by Gasteiger charge is 2.11. The van der Waals surface area contributed by atoms with Crippen molar-refractivity contribution in [2.45, 2.75) is 12.5 Å². The number of nitrogens with zero attached hydrogens (tertiary/aromatic N) is 1. The van der Waals surface area contributed by atoms with Crippen LogP contribution in [-0.2, 0) is 4.74 Å². The third kappa shape index (κ3) is 6.25. The third-order valence-corrected chi connectivity index (χ3v) is 4.49. The number of thiophene rings is 1. The van der Waals surface area contributed by atoms with E-state index in [1.807, 2.05) is 18.2 Å². The zero-order valence-electron chi connectivity index (χ0n) is 13.4. The Labute approximate surface area is 158 Å². The van der Waals surface area contributed by atoms with E-state index in [1.54, 1.807) is 25.5 Å². The number of aliphatic hydroxyl groups excluding tert-OH is 1. The molecule has 0 aliphatic rings. The fraction of sp³-hybridized carbons (Fsp3) is 0.438. The van der Waals surface area contributed by atoms with Gasteiger partial charge in [-0.1, -0.05) is 18.2 Å². The molecule has 1 aromatic carbocycles. The summed E-state index contributed by atoms with van der Waals surface area (Å²) in [5.41, 5.74) is 0. The highest BCUT2D eigenvalue weighted by molar-refractivity contribution is 14.0. The maximum Gasteiger partial charge on any atom is 0.191 e. The maximum atomic E-state index is 10.3. The van der Waals surface area contributed by atoms with E-state index in [9.17, 15) is 5.11 Å². The molecule has 0 aliphatic carbocycles. The zero-order chi connectivity index (χ0) is 15.8. The molecule has 1 heterocycles. The van der Waals surface area contributed by atoms with Gasteiger partial charge in [0.1, 0.15) is 6.10 Å². The Balaban J connectivity index is 0.00000264. The van der Waals surface area contributed by atoms with Crippen molar-refractivity contribution in [3.63, 3.8) is 0 Å². The molecule has 0 aliphatic heterocycles. The van der Waals surface area contributed by atoms with Gasteiger partial charge in [-0.25, -0.2) is 0 Å². The first-order valence-electron chi connectivity index (χ1n) is 7.34. The molecule has 0 saturated carbocycles. The minimum absolute atomic E-state index is 0. The Morgan fingerprint density at radius 1 is 1.35 bits per heavy atom. The zero-order valence-corrected chi connectivity index (χ0v) is 16.6. The molecular weight excluding hydrogens is 425 g/mol. The predicted molar refractivity (Wildman–Crippen MR) is 108 cm³/mol. The molecule has 2 rings (SSSR count). The van der Waals surface area contributed by atoms with Gasteiger partial charge in [0.2, 0.25) is 0 Å². The highest BCUT2D eigenvalue weighted by atomic mass is 127. The van der Waals surface area contributed by atoms with Crippen molar-refractivity contribution in [3.05, 3.63) is 35.2 Å². The van der Waals surface area contributed by atoms with Gasteiger partial charge in [-0.05, 0) is 23.9 Å². The van der Waals surface area contributed by atoms with Crippen LogP contribution in [0.4, 0.5) is 0 Å². The van der Waals surface area contributed by atoms with Crippen molar-refractivity contribution < 1.29 is 9.84 Å². The maximum absolute atomic E-state index is 10.3. The number of hydrogen-bond donors (Lipinski definition) is 3. The summed E-state index contributed by atoms with van der Waals surface area (Å²) in [6.45, 7) is 1.93. The lowest BCUT2D eigenvalue weighted by Gasteiger charge is -2.14. The van der Waals surface area contributed by atoms with E-state index in [1.165, 1.54) is 10.1 Å². The first-order valence-corrected chi connectivity index (χ1v) is 8.16. The monoisotopic (exact) mass is 449 g/mol. The largest absolute Gasteiger partial charge is 0.386 e. The number of ether oxygens (including phenoxy) is 1. The molecule has 0 saturated heterocycles. The molecule has 2 aromatic rings. The van der Waals surface area contributed by atoms with Crippen LogP contribution in [0.1, 0.15) is 17.4 Å². The van der Waals surface area contributed by atoms with E-state index >= 15 is 0 Å². The van der Waals surface area contributed by atoms with Gasteiger partial charge in [0.25, 0.3) is 0 Å². The van der Waals surface area contributed by atoms with Gasteiger partial charge in [0.15, 0.2) is 5.96 Å². The van der Waals surface area contributed by atoms with E-state index in [4.69, 9.17) is 4.74 Å². The lowest BCUT2D eigenvalue weighted by atomic mass is 10.2. The van der Waals surface area contributed by atoms with Crippen LogP contribution in [0, 0.1) is 0 Å². The fourth-order valence-electron chi connectivity index (χ4n) is 2.10. The summed E-state index contributed by atoms with van der Waals surface area (Å²) in [5, 5.41) is 17.8. The molecule has 0 bridgehead atoms. The molecule has 3 N–H and O–H groups in total. The van der Waals surface area contributed by atoms with E-state index in [2.05, 4.69) is 27.8 Å². The Hall–Kier alpha value is -0.900. The summed E-state index contributed by atoms with van der Waals surface area (Å²) in [4.78, 5) is 5.10. The highest BCUT2D eigenvalue weighted by Crippen LogP contribution is 2.29. The van der Waals surface area contributed by atoms with Crippen LogP contribution in [0.2, 0.25) is 0 Å². The second-order valence-corrected chi connectivity index (χ2v) is 6.04. The molecule has 5 nitrogen and oxygen atoms in total. The second-order valence-electron chi connectivity index (χ2n) is 4.93. The third-order valence-electron chi connectivity index (χ3n) is 3.28. The number of methoxy groups -OCH3 is 1. The van der Waals surface area contributed by atoms with Crippen LogP contribution in [0.25, 0.3) is 10.1 Å². The molecular formula is C16H24IN3O2S. The molecule has 7 heteroatoms. The Morgan fingerprint density at radius 2 is 2.13 bits per heavy atom. The molecule has 0 radical (unpaired) electrons. The molecule has 0 amide bonds. The quantitative estimate of drug-likeness (QED) is 0.263. The normalized spacial score (nSPS) is 12.7. The van der Waals surface area contributed by atoms with Gasteiger partial charge < -0.3 is 20.5 Å². The van der Waals surface area contributed by atoms with Crippen LogP contribution >= 0.6 is 35.3 Å². The van der Waals surface area contributed by atoms with E-state index < -0.39 is 6.10 Å². The van der Waals surface area contributed by atoms with Crippen molar-refractivity contribution in [1.82, 2.24) is 10.6 Å². The van der Waals surface area contributed by atoms with E-state index in [0.717, 1.165) is 17.8 Å². The lowest BCUT2D eigenvalue weighted by molar-refractivity contribution is 0.184. The first-order chi connectivity index (χ1) is 10.7. The minimum atomic E-state index is -0.546. The number of guanidine groups is 1. The Morgan fingerprint density at radius 3 is 2.83 bits per heavy atom. The molecule has 128 valence electrons. The van der Waals surface area contributed by atoms with E-state index in [0.29, 0.717) is 19.1 Å². The van der Waals surface area contributed by atoms with Crippen molar-refractivity contribution in [3.8, 4) is 0 Å². The Kier molecular flexibility index (Phi) is 9.46. The average molecular weight is 449 g/mol. The van der Waals surface area contributed by atoms with Gasteiger partial charge in [0.05, 0.1) is 0 Å². The van der Waals surface area contributed by atoms with Crippen molar-refractivity contribution in [2.24, 2.45) is 4.99 Å². The number of aliphatic imine (C=N–C) groups is 1. The summed E-state index contributed by atoms with van der Waals surface area (Å²) in [7, 11) is 3.41. The number of benzene rings is 1. The van der Waals surface area contributed by atoms with Gasteiger partial charge >= 0.3 is 0 Å². The molecule has 23 heavy (non-hydrogen) atoms. The summed E-state index contributed by atoms with van der Waals surface area (Å²) in [6, 6.07) is 10.2. The number of fused-ring (bicyclic) bond motifs is 1. The number of hydrogen-bond acceptors (Lipinski definition) is 4. The van der Waals surface area contributed by atoms with Crippen molar-refractivity contribution in [2.75, 3.05) is 33.9 Å². The summed E-state index contributed by atoms with van der Waals surface area (Å²) >= 11 is 1.62. The Bertz CT molecular complexity index is 585. The van der Waals surface area contributed by atoms with Crippen LogP contribution in [0.15, 0.2) is 35.3 Å². The van der Waals surface area contributed by atoms with Crippen LogP contribution in [-0.4, -0.2) is 44.9 Å². The van der Waals surface area contributed by atoms with Gasteiger partial charge in [-0.15, -0.1) is 35.3 Å². The number of nitrogens with one attached hydrogen (secondary N) is 2. The topological polar surface area (TPSA) is 65.9 Å². The average Bonchev–Trinajstić information content (AvgIpc) is 2.98. The minimum Gasteiger partial charge on any atom is -0.386 e. The summed E-state index contributed by atoms with van der Waals surface area (Å²) < 4.78 is 6.20. The molecule has 0 spiro atoms. The van der Waals surface area contributed by atoms with Gasteiger partial charge in [-0.3, -0.25) is 4.99 Å². The molecule has 1 unspecified atom stereocenters. The van der Waals surface area contributed by atoms with E-state index in [-0.39, 0.29) is 24.0 Å². The van der Waals surface area contributed by atoms with Crippen LogP contribution in [0.5, 0.6) is 0 Å². The molecule has 0 fully saturated rings. The predicted octanol–water partition coefficient (Wildman–Crippen LogP) is 2.75. The number of halogens is 1. The van der Waals surface area contributed by atoms with Crippen LogP contribution < -0.4 is 10.6 Å². The van der Waals surface area contributed by atoms with Gasteiger partial charge in [-0.2, -0.15) is 0 Å². The first kappa shape index (κ1) is 20.1. The van der Waals surface area contributed by atoms with Crippen LogP contribution in [0.3, 0.4) is 0 Å². The number of aliphatic hydroxyl groups is 1.